The zero-order valence-electron chi connectivity index (χ0n) is 15.3. The van der Waals surface area contributed by atoms with Gasteiger partial charge in [-0.15, -0.1) is 0 Å². The fraction of sp³-hybridized carbons (Fsp3) is 0.150. The Balaban J connectivity index is 1.61. The normalized spacial score (nSPS) is 12.2. The van der Waals surface area contributed by atoms with Gasteiger partial charge in [0.15, 0.2) is 10.9 Å². The number of furan rings is 1. The number of halogens is 2. The number of H-pyrrole nitrogens is 1. The molecule has 0 saturated carbocycles. The zero-order chi connectivity index (χ0) is 20.4. The quantitative estimate of drug-likeness (QED) is 0.450. The molecule has 2 aromatic heterocycles. The molecule has 1 atom stereocenters. The molecule has 0 aliphatic rings. The van der Waals surface area contributed by atoms with Crippen molar-refractivity contribution in [3.8, 4) is 0 Å². The maximum Gasteiger partial charge on any atom is 0.287 e. The highest BCUT2D eigenvalue weighted by Crippen LogP contribution is 2.31. The van der Waals surface area contributed by atoms with E-state index in [2.05, 4.69) is 20.5 Å². The van der Waals surface area contributed by atoms with Crippen LogP contribution in [0.2, 0.25) is 0 Å². The van der Waals surface area contributed by atoms with Crippen molar-refractivity contribution in [2.75, 3.05) is 0 Å². The van der Waals surface area contributed by atoms with Crippen LogP contribution in [-0.4, -0.2) is 21.1 Å². The molecule has 29 heavy (non-hydrogen) atoms. The van der Waals surface area contributed by atoms with E-state index in [1.165, 1.54) is 24.2 Å². The lowest BCUT2D eigenvalue weighted by atomic mass is 10.1. The van der Waals surface area contributed by atoms with Crippen molar-refractivity contribution in [2.45, 2.75) is 23.9 Å². The van der Waals surface area contributed by atoms with Crippen molar-refractivity contribution in [3.05, 3.63) is 77.3 Å². The van der Waals surface area contributed by atoms with Crippen molar-refractivity contribution in [1.29, 1.82) is 0 Å². The van der Waals surface area contributed by atoms with E-state index in [0.717, 1.165) is 17.5 Å². The third-order valence-electron chi connectivity index (χ3n) is 4.43. The van der Waals surface area contributed by atoms with Gasteiger partial charge in [-0.25, -0.2) is 13.8 Å². The standard InChI is InChI=1S/C20H16F2N4O2S/c1-11(13-7-6-12(21)8-16(13)22)25-19(27)18-15(9-29-20-23-10-24-26-20)14-4-2-3-5-17(14)28-18/h2-8,10-11H,9H2,1H3,(H,25,27)(H,23,24,26)/t11-/m0/s1. The van der Waals surface area contributed by atoms with Gasteiger partial charge in [0.2, 0.25) is 0 Å². The fourth-order valence-corrected chi connectivity index (χ4v) is 3.83. The lowest BCUT2D eigenvalue weighted by Crippen LogP contribution is -2.27. The van der Waals surface area contributed by atoms with Gasteiger partial charge in [0.25, 0.3) is 5.91 Å². The monoisotopic (exact) mass is 414 g/mol. The van der Waals surface area contributed by atoms with Crippen molar-refractivity contribution >= 4 is 28.6 Å². The van der Waals surface area contributed by atoms with Gasteiger partial charge in [0.05, 0.1) is 6.04 Å². The Kier molecular flexibility index (Phi) is 5.30. The van der Waals surface area contributed by atoms with Gasteiger partial charge < -0.3 is 9.73 Å². The van der Waals surface area contributed by atoms with Crippen LogP contribution in [0, 0.1) is 11.6 Å². The number of amides is 1. The first-order valence-electron chi connectivity index (χ1n) is 8.77. The molecule has 0 bridgehead atoms. The Hall–Kier alpha value is -3.20. The van der Waals surface area contributed by atoms with E-state index < -0.39 is 23.6 Å². The van der Waals surface area contributed by atoms with Gasteiger partial charge in [-0.05, 0) is 19.1 Å². The van der Waals surface area contributed by atoms with Crippen molar-refractivity contribution < 1.29 is 18.0 Å². The number of nitrogens with one attached hydrogen (secondary N) is 2. The van der Waals surface area contributed by atoms with Crippen LogP contribution in [0.3, 0.4) is 0 Å². The first-order valence-corrected chi connectivity index (χ1v) is 9.76. The van der Waals surface area contributed by atoms with E-state index in [9.17, 15) is 13.6 Å². The van der Waals surface area contributed by atoms with Gasteiger partial charge in [-0.3, -0.25) is 9.89 Å². The Morgan fingerprint density at radius 1 is 1.28 bits per heavy atom. The zero-order valence-corrected chi connectivity index (χ0v) is 16.1. The lowest BCUT2D eigenvalue weighted by molar-refractivity contribution is 0.0912. The van der Waals surface area contributed by atoms with Crippen LogP contribution in [0.15, 0.2) is 58.4 Å². The topological polar surface area (TPSA) is 83.8 Å². The average Bonchev–Trinajstić information content (AvgIpc) is 3.33. The molecule has 0 aliphatic heterocycles. The summed E-state index contributed by atoms with van der Waals surface area (Å²) in [4.78, 5) is 17.0. The van der Waals surface area contributed by atoms with Crippen LogP contribution in [0.25, 0.3) is 11.0 Å². The Labute approximate surface area is 168 Å². The summed E-state index contributed by atoms with van der Waals surface area (Å²) >= 11 is 1.38. The molecule has 0 fully saturated rings. The summed E-state index contributed by atoms with van der Waals surface area (Å²) in [5, 5.41) is 10.7. The number of para-hydroxylation sites is 1. The Bertz CT molecular complexity index is 1160. The summed E-state index contributed by atoms with van der Waals surface area (Å²) in [5.41, 5.74) is 1.46. The second-order valence-corrected chi connectivity index (χ2v) is 7.31. The summed E-state index contributed by atoms with van der Waals surface area (Å²) in [7, 11) is 0. The number of carbonyl (C=O) groups excluding carboxylic acids is 1. The number of rotatable bonds is 6. The van der Waals surface area contributed by atoms with Crippen LogP contribution in [0.4, 0.5) is 8.78 Å². The van der Waals surface area contributed by atoms with Crippen LogP contribution in [0.1, 0.15) is 34.6 Å². The molecule has 4 aromatic rings. The molecule has 9 heteroatoms. The van der Waals surface area contributed by atoms with Crippen LogP contribution in [0.5, 0.6) is 0 Å². The maximum absolute atomic E-state index is 14.0. The molecule has 1 amide bonds. The number of benzene rings is 2. The third kappa shape index (κ3) is 4.00. The molecule has 2 heterocycles. The minimum absolute atomic E-state index is 0.146. The molecule has 0 unspecified atom stereocenters. The number of thioether (sulfide) groups is 1. The third-order valence-corrected chi connectivity index (χ3v) is 5.33. The van der Waals surface area contributed by atoms with Crippen LogP contribution >= 0.6 is 11.8 Å². The second-order valence-electron chi connectivity index (χ2n) is 6.35. The van der Waals surface area contributed by atoms with Gasteiger partial charge in [0.1, 0.15) is 23.5 Å². The van der Waals surface area contributed by atoms with E-state index in [4.69, 9.17) is 4.42 Å². The molecule has 2 N–H and O–H groups in total. The summed E-state index contributed by atoms with van der Waals surface area (Å²) < 4.78 is 33.0. The summed E-state index contributed by atoms with van der Waals surface area (Å²) in [6.07, 6.45) is 1.41. The van der Waals surface area contributed by atoms with Gasteiger partial charge in [-0.2, -0.15) is 5.10 Å². The molecule has 148 valence electrons. The van der Waals surface area contributed by atoms with E-state index in [-0.39, 0.29) is 11.3 Å². The number of hydrogen-bond donors (Lipinski definition) is 2. The Morgan fingerprint density at radius 2 is 2.10 bits per heavy atom. The number of carbonyl (C=O) groups is 1. The predicted molar refractivity (Wildman–Crippen MR) is 104 cm³/mol. The minimum atomic E-state index is -0.719. The van der Waals surface area contributed by atoms with E-state index in [1.54, 1.807) is 13.0 Å². The molecule has 6 nitrogen and oxygen atoms in total. The number of hydrogen-bond acceptors (Lipinski definition) is 5. The Morgan fingerprint density at radius 3 is 2.86 bits per heavy atom. The highest BCUT2D eigenvalue weighted by atomic mass is 32.2. The van der Waals surface area contributed by atoms with Gasteiger partial charge in [0, 0.05) is 28.3 Å². The fourth-order valence-electron chi connectivity index (χ4n) is 3.02. The average molecular weight is 414 g/mol. The first-order chi connectivity index (χ1) is 14.0. The highest BCUT2D eigenvalue weighted by molar-refractivity contribution is 7.98. The maximum atomic E-state index is 14.0. The molecule has 4 rings (SSSR count). The van der Waals surface area contributed by atoms with Crippen LogP contribution < -0.4 is 5.32 Å². The van der Waals surface area contributed by atoms with Crippen LogP contribution in [-0.2, 0) is 5.75 Å². The van der Waals surface area contributed by atoms with E-state index in [1.807, 2.05) is 18.2 Å². The smallest absolute Gasteiger partial charge is 0.287 e. The van der Waals surface area contributed by atoms with Gasteiger partial charge >= 0.3 is 0 Å². The van der Waals surface area contributed by atoms with Gasteiger partial charge in [-0.1, -0.05) is 36.0 Å². The van der Waals surface area contributed by atoms with E-state index in [0.29, 0.717) is 22.1 Å². The van der Waals surface area contributed by atoms with Crippen molar-refractivity contribution in [2.24, 2.45) is 0 Å². The molecule has 2 aromatic carbocycles. The lowest BCUT2D eigenvalue weighted by Gasteiger charge is -2.15. The summed E-state index contributed by atoms with van der Waals surface area (Å²) in [6, 6.07) is 9.91. The second kappa shape index (κ2) is 8.04. The molecular weight excluding hydrogens is 398 g/mol. The largest absolute Gasteiger partial charge is 0.451 e. The molecule has 0 saturated heterocycles. The van der Waals surface area contributed by atoms with Crippen molar-refractivity contribution in [3.63, 3.8) is 0 Å². The molecular formula is C20H16F2N4O2S. The minimum Gasteiger partial charge on any atom is -0.451 e. The van der Waals surface area contributed by atoms with E-state index >= 15 is 0 Å². The molecule has 0 spiro atoms. The SMILES string of the molecule is C[C@H](NC(=O)c1oc2ccccc2c1CSc1ncn[nH]1)c1ccc(F)cc1F. The number of nitrogens with zero attached hydrogens (tertiary/aromatic N) is 2. The highest BCUT2D eigenvalue weighted by Gasteiger charge is 2.23. The number of aromatic amines is 1. The van der Waals surface area contributed by atoms with Crippen molar-refractivity contribution in [1.82, 2.24) is 20.5 Å². The predicted octanol–water partition coefficient (Wildman–Crippen LogP) is 4.61. The first kappa shape index (κ1) is 19.1. The number of aromatic nitrogens is 3. The summed E-state index contributed by atoms with van der Waals surface area (Å²) in [6.45, 7) is 1.62. The number of fused-ring (bicyclic) bond motifs is 1. The summed E-state index contributed by atoms with van der Waals surface area (Å²) in [5.74, 6) is -1.30. The molecule has 0 radical (unpaired) electrons. The molecule has 0 aliphatic carbocycles.